The zero-order valence-corrected chi connectivity index (χ0v) is 36.0. The van der Waals surface area contributed by atoms with E-state index in [1.54, 1.807) is 4.90 Å². The predicted octanol–water partition coefficient (Wildman–Crippen LogP) is 5.91. The van der Waals surface area contributed by atoms with Gasteiger partial charge < -0.3 is 45.0 Å². The van der Waals surface area contributed by atoms with E-state index in [4.69, 9.17) is 19.4 Å². The number of methoxy groups -OCH3 is 1. The second kappa shape index (κ2) is 17.5. The largest absolute Gasteiger partial charge is 0.453 e. The summed E-state index contributed by atoms with van der Waals surface area (Å²) in [5, 5.41) is 17.3. The van der Waals surface area contributed by atoms with Gasteiger partial charge in [0.1, 0.15) is 23.9 Å². The molecule has 5 N–H and O–H groups in total. The van der Waals surface area contributed by atoms with Gasteiger partial charge in [0.25, 0.3) is 0 Å². The number of amides is 4. The molecule has 60 heavy (non-hydrogen) atoms. The molecule has 3 saturated carbocycles. The van der Waals surface area contributed by atoms with Gasteiger partial charge in [-0.05, 0) is 92.6 Å². The molecule has 3 aliphatic carbocycles. The van der Waals surface area contributed by atoms with Crippen molar-refractivity contribution in [3.05, 3.63) is 59.6 Å². The Morgan fingerprint density at radius 3 is 2.12 bits per heavy atom. The maximum Gasteiger partial charge on any atom is 0.407 e. The molecule has 3 aromatic rings. The number of nitrogens with one attached hydrogen (secondary N) is 4. The smallest absolute Gasteiger partial charge is 0.407 e. The van der Waals surface area contributed by atoms with Gasteiger partial charge in [-0.25, -0.2) is 19.6 Å². The van der Waals surface area contributed by atoms with Gasteiger partial charge in [0, 0.05) is 43.5 Å². The fourth-order valence-corrected chi connectivity index (χ4v) is 10.8. The Morgan fingerprint density at radius 2 is 1.45 bits per heavy atom. The van der Waals surface area contributed by atoms with Gasteiger partial charge in [0.15, 0.2) is 0 Å². The summed E-state index contributed by atoms with van der Waals surface area (Å²) in [4.78, 5) is 61.9. The highest BCUT2D eigenvalue weighted by Crippen LogP contribution is 2.58. The Morgan fingerprint density at radius 1 is 0.817 bits per heavy atom. The number of urea groups is 1. The van der Waals surface area contributed by atoms with Crippen LogP contribution in [0.25, 0.3) is 11.3 Å². The third-order valence-electron chi connectivity index (χ3n) is 14.6. The SMILES string of the molecule is COC(=O)NC(C(C)C)C(O)N1CCCC1c1ncc(-c2ccc(C34CCC(c5cnc(C6CCCN6C(=O)C(NC(=O)N6CCOCC6)C(C)C)[nH]5)(CC3)CC4)cc2)[nH]1. The van der Waals surface area contributed by atoms with Crippen LogP contribution in [0, 0.1) is 11.8 Å². The van der Waals surface area contributed by atoms with E-state index in [1.165, 1.54) is 18.4 Å². The number of H-pyrrole nitrogens is 2. The molecule has 0 spiro atoms. The van der Waals surface area contributed by atoms with Gasteiger partial charge in [-0.3, -0.25) is 9.69 Å². The van der Waals surface area contributed by atoms with Gasteiger partial charge in [0.2, 0.25) is 5.91 Å². The molecule has 9 rings (SSSR count). The third-order valence-corrected chi connectivity index (χ3v) is 14.6. The number of aromatic amines is 2. The highest BCUT2D eigenvalue weighted by Gasteiger charge is 2.51. The molecule has 5 unspecified atom stereocenters. The average Bonchev–Trinajstić information content (AvgIpc) is 4.12. The molecule has 0 radical (unpaired) electrons. The van der Waals surface area contributed by atoms with Crippen LogP contribution in [0.5, 0.6) is 0 Å². The Balaban J connectivity index is 0.896. The normalized spacial score (nSPS) is 27.3. The number of nitrogens with zero attached hydrogens (tertiary/aromatic N) is 5. The summed E-state index contributed by atoms with van der Waals surface area (Å²) in [6, 6.07) is 7.54. The second-order valence-corrected chi connectivity index (χ2v) is 18.7. The van der Waals surface area contributed by atoms with Crippen LogP contribution in [0.1, 0.15) is 127 Å². The minimum atomic E-state index is -0.873. The number of aliphatic hydroxyl groups is 1. The number of ether oxygens (including phenoxy) is 2. The van der Waals surface area contributed by atoms with Gasteiger partial charge in [-0.2, -0.15) is 0 Å². The van der Waals surface area contributed by atoms with E-state index >= 15 is 0 Å². The average molecular weight is 828 g/mol. The van der Waals surface area contributed by atoms with E-state index in [-0.39, 0.29) is 46.7 Å². The first-order valence-electron chi connectivity index (χ1n) is 22.3. The van der Waals surface area contributed by atoms with E-state index in [0.29, 0.717) is 39.4 Å². The summed E-state index contributed by atoms with van der Waals surface area (Å²) < 4.78 is 10.2. The number of carbonyl (C=O) groups is 3. The molecule has 4 amide bonds. The van der Waals surface area contributed by atoms with Crippen LogP contribution >= 0.6 is 0 Å². The van der Waals surface area contributed by atoms with Gasteiger partial charge in [0.05, 0.1) is 50.3 Å². The van der Waals surface area contributed by atoms with Crippen LogP contribution in [0.2, 0.25) is 0 Å². The van der Waals surface area contributed by atoms with Gasteiger partial charge in [-0.15, -0.1) is 0 Å². The van der Waals surface area contributed by atoms with E-state index in [9.17, 15) is 19.5 Å². The molecular weight excluding hydrogens is 763 g/mol. The standard InChI is InChI=1S/C45H65N9O6/c1-28(2)36(50-42(57)52-22-24-60-25-23-52)40(55)54-21-7-9-34(54)39-47-27-35(49-39)45-17-14-44(15-18-45,16-19-45)31-12-10-30(11-13-31)32-26-46-38(48-32)33-8-6-20-53(33)41(56)37(29(3)4)51-43(58)59-5/h10-13,26-29,33-34,36-37,41,56H,6-9,14-25H2,1-5H3,(H,46,48)(H,47,49)(H,50,57)(H,51,58). The van der Waals surface area contributed by atoms with E-state index in [2.05, 4.69) is 44.9 Å². The van der Waals surface area contributed by atoms with Crippen LogP contribution in [0.4, 0.5) is 9.59 Å². The molecule has 3 saturated heterocycles. The number of aromatic nitrogens is 4. The first kappa shape index (κ1) is 42.2. The van der Waals surface area contributed by atoms with E-state index in [1.807, 2.05) is 49.9 Å². The summed E-state index contributed by atoms with van der Waals surface area (Å²) in [7, 11) is 1.33. The molecule has 15 nitrogen and oxygen atoms in total. The van der Waals surface area contributed by atoms with Crippen molar-refractivity contribution in [3.63, 3.8) is 0 Å². The zero-order valence-electron chi connectivity index (χ0n) is 36.0. The van der Waals surface area contributed by atoms with E-state index < -0.39 is 24.4 Å². The van der Waals surface area contributed by atoms with Gasteiger partial charge >= 0.3 is 12.1 Å². The molecule has 3 aliphatic heterocycles. The van der Waals surface area contributed by atoms with Crippen LogP contribution in [-0.4, -0.2) is 123 Å². The Hall–Kier alpha value is -4.47. The number of imidazole rings is 2. The highest BCUT2D eigenvalue weighted by atomic mass is 16.5. The lowest BCUT2D eigenvalue weighted by atomic mass is 9.51. The number of carbonyl (C=O) groups excluding carboxylic acids is 3. The lowest BCUT2D eigenvalue weighted by Gasteiger charge is -2.53. The number of fused-ring (bicyclic) bond motifs is 3. The van der Waals surface area contributed by atoms with Crippen molar-refractivity contribution in [1.82, 2.24) is 45.3 Å². The minimum absolute atomic E-state index is 0.00713. The summed E-state index contributed by atoms with van der Waals surface area (Å²) in [5.74, 6) is 1.60. The fraction of sp³-hybridized carbons (Fsp3) is 0.667. The Bertz CT molecular complexity index is 1950. The molecule has 15 heteroatoms. The van der Waals surface area contributed by atoms with Crippen molar-refractivity contribution in [2.24, 2.45) is 11.8 Å². The quantitative estimate of drug-likeness (QED) is 0.148. The van der Waals surface area contributed by atoms with Crippen molar-refractivity contribution in [1.29, 1.82) is 0 Å². The van der Waals surface area contributed by atoms with Crippen molar-refractivity contribution in [3.8, 4) is 11.3 Å². The number of benzene rings is 1. The van der Waals surface area contributed by atoms with Crippen molar-refractivity contribution in [2.75, 3.05) is 46.5 Å². The van der Waals surface area contributed by atoms with Crippen LogP contribution in [0.3, 0.4) is 0 Å². The lowest BCUT2D eigenvalue weighted by molar-refractivity contribution is -0.135. The monoisotopic (exact) mass is 828 g/mol. The van der Waals surface area contributed by atoms with Crippen LogP contribution in [-0.2, 0) is 25.1 Å². The molecule has 2 bridgehead atoms. The van der Waals surface area contributed by atoms with E-state index in [0.717, 1.165) is 87.1 Å². The number of likely N-dealkylation sites (tertiary alicyclic amines) is 2. The Kier molecular flexibility index (Phi) is 12.3. The molecule has 5 heterocycles. The first-order chi connectivity index (χ1) is 28.9. The molecule has 6 fully saturated rings. The fourth-order valence-electron chi connectivity index (χ4n) is 10.8. The number of hydrogen-bond donors (Lipinski definition) is 5. The first-order valence-corrected chi connectivity index (χ1v) is 22.3. The molecular formula is C45H65N9O6. The predicted molar refractivity (Wildman–Crippen MR) is 226 cm³/mol. The van der Waals surface area contributed by atoms with Crippen LogP contribution < -0.4 is 10.6 Å². The van der Waals surface area contributed by atoms with Gasteiger partial charge in [-0.1, -0.05) is 52.0 Å². The number of morpholine rings is 1. The molecule has 5 atom stereocenters. The maximum atomic E-state index is 14.1. The van der Waals surface area contributed by atoms with Crippen molar-refractivity contribution in [2.45, 2.75) is 133 Å². The van der Waals surface area contributed by atoms with Crippen molar-refractivity contribution >= 4 is 18.0 Å². The van der Waals surface area contributed by atoms with Crippen molar-refractivity contribution < 1.29 is 29.0 Å². The Labute approximate surface area is 353 Å². The molecule has 1 aromatic carbocycles. The molecule has 2 aromatic heterocycles. The topological polar surface area (TPSA) is 181 Å². The maximum absolute atomic E-state index is 14.1. The minimum Gasteiger partial charge on any atom is -0.453 e. The summed E-state index contributed by atoms with van der Waals surface area (Å²) >= 11 is 0. The lowest BCUT2D eigenvalue weighted by Crippen LogP contribution is -2.55. The molecule has 326 valence electrons. The highest BCUT2D eigenvalue weighted by molar-refractivity contribution is 5.87. The van der Waals surface area contributed by atoms with Crippen LogP contribution in [0.15, 0.2) is 36.7 Å². The summed E-state index contributed by atoms with van der Waals surface area (Å²) in [6.45, 7) is 11.4. The number of rotatable bonds is 12. The second-order valence-electron chi connectivity index (χ2n) is 18.7. The third kappa shape index (κ3) is 8.16. The molecule has 6 aliphatic rings. The zero-order chi connectivity index (χ0) is 42.2. The number of hydrogen-bond acceptors (Lipinski definition) is 9. The summed E-state index contributed by atoms with van der Waals surface area (Å²) in [6.07, 6.45) is 12.7. The number of aliphatic hydroxyl groups excluding tert-OH is 1. The number of alkyl carbamates (subject to hydrolysis) is 1. The summed E-state index contributed by atoms with van der Waals surface area (Å²) in [5.41, 5.74) is 4.84.